The van der Waals surface area contributed by atoms with E-state index in [1.165, 1.54) is 21.6 Å². The molecule has 0 unspecified atom stereocenters. The van der Waals surface area contributed by atoms with Gasteiger partial charge in [-0.2, -0.15) is 0 Å². The molecule has 1 saturated heterocycles. The number of nitrogens with one attached hydrogen (secondary N) is 1. The summed E-state index contributed by atoms with van der Waals surface area (Å²) in [5.74, 6) is 0.00697. The fraction of sp³-hybridized carbons (Fsp3) is 0.409. The Morgan fingerprint density at radius 2 is 1.78 bits per heavy atom. The van der Waals surface area contributed by atoms with Crippen molar-refractivity contribution in [2.24, 2.45) is 0 Å². The maximum atomic E-state index is 11.5. The Labute approximate surface area is 166 Å². The zero-order valence-electron chi connectivity index (χ0n) is 16.5. The van der Waals surface area contributed by atoms with Crippen molar-refractivity contribution < 1.29 is 4.79 Å². The van der Waals surface area contributed by atoms with Crippen molar-refractivity contribution in [3.05, 3.63) is 58.0 Å². The summed E-state index contributed by atoms with van der Waals surface area (Å²) >= 11 is 1.69. The molecule has 3 rings (SSSR count). The molecule has 2 heterocycles. The van der Waals surface area contributed by atoms with Gasteiger partial charge in [0.2, 0.25) is 5.91 Å². The minimum atomic E-state index is 0.00697. The van der Waals surface area contributed by atoms with E-state index in [0.717, 1.165) is 44.3 Å². The van der Waals surface area contributed by atoms with Gasteiger partial charge < -0.3 is 5.32 Å². The molecule has 1 N–H and O–H groups in total. The van der Waals surface area contributed by atoms with Crippen LogP contribution in [0, 0.1) is 13.8 Å². The summed E-state index contributed by atoms with van der Waals surface area (Å²) < 4.78 is 0. The number of thiophene rings is 1. The molecule has 1 amide bonds. The average Bonchev–Trinajstić information content (AvgIpc) is 2.91. The van der Waals surface area contributed by atoms with Crippen LogP contribution in [0.25, 0.3) is 6.08 Å². The molecule has 0 bridgehead atoms. The second-order valence-corrected chi connectivity index (χ2v) is 8.39. The molecule has 1 fully saturated rings. The van der Waals surface area contributed by atoms with Gasteiger partial charge in [-0.1, -0.05) is 42.5 Å². The maximum absolute atomic E-state index is 11.5. The number of hydrogen-bond acceptors (Lipinski definition) is 4. The van der Waals surface area contributed by atoms with Crippen LogP contribution < -0.4 is 5.32 Å². The number of benzene rings is 1. The first-order valence-corrected chi connectivity index (χ1v) is 10.4. The molecule has 144 valence electrons. The van der Waals surface area contributed by atoms with Gasteiger partial charge in [0, 0.05) is 56.6 Å². The summed E-state index contributed by atoms with van der Waals surface area (Å²) in [6, 6.07) is 10.5. The Kier molecular flexibility index (Phi) is 6.83. The number of anilines is 1. The lowest BCUT2D eigenvalue weighted by Crippen LogP contribution is -2.45. The SMILES string of the molecule is CC(=O)Nc1sc(C)c(C)c1CN1CCN(C/C=C/c2ccccc2)CC1. The monoisotopic (exact) mass is 383 g/mol. The van der Waals surface area contributed by atoms with Crippen molar-refractivity contribution in [1.82, 2.24) is 9.80 Å². The van der Waals surface area contributed by atoms with Crippen LogP contribution >= 0.6 is 11.3 Å². The molecule has 2 aromatic rings. The van der Waals surface area contributed by atoms with Crippen LogP contribution in [0.3, 0.4) is 0 Å². The van der Waals surface area contributed by atoms with E-state index in [1.54, 1.807) is 18.3 Å². The van der Waals surface area contributed by atoms with Crippen LogP contribution in [-0.2, 0) is 11.3 Å². The Morgan fingerprint density at radius 3 is 2.44 bits per heavy atom. The van der Waals surface area contributed by atoms with Crippen molar-refractivity contribution in [3.8, 4) is 0 Å². The number of hydrogen-bond donors (Lipinski definition) is 1. The topological polar surface area (TPSA) is 35.6 Å². The number of piperazine rings is 1. The average molecular weight is 384 g/mol. The molecule has 0 atom stereocenters. The molecule has 1 aliphatic rings. The third kappa shape index (κ3) is 5.51. The molecule has 5 heteroatoms. The van der Waals surface area contributed by atoms with E-state index in [2.05, 4.69) is 65.4 Å². The summed E-state index contributed by atoms with van der Waals surface area (Å²) in [5.41, 5.74) is 3.85. The van der Waals surface area contributed by atoms with Crippen LogP contribution in [-0.4, -0.2) is 48.4 Å². The second kappa shape index (κ2) is 9.31. The van der Waals surface area contributed by atoms with Gasteiger partial charge in [0.25, 0.3) is 0 Å². The van der Waals surface area contributed by atoms with E-state index < -0.39 is 0 Å². The molecule has 1 aliphatic heterocycles. The lowest BCUT2D eigenvalue weighted by atomic mass is 10.1. The van der Waals surface area contributed by atoms with Crippen molar-refractivity contribution in [2.75, 3.05) is 38.0 Å². The van der Waals surface area contributed by atoms with E-state index in [4.69, 9.17) is 0 Å². The maximum Gasteiger partial charge on any atom is 0.221 e. The lowest BCUT2D eigenvalue weighted by molar-refractivity contribution is -0.114. The molecule has 4 nitrogen and oxygen atoms in total. The van der Waals surface area contributed by atoms with Gasteiger partial charge in [-0.05, 0) is 25.0 Å². The molecular weight excluding hydrogens is 354 g/mol. The van der Waals surface area contributed by atoms with Gasteiger partial charge in [-0.25, -0.2) is 0 Å². The van der Waals surface area contributed by atoms with E-state index in [9.17, 15) is 4.79 Å². The smallest absolute Gasteiger partial charge is 0.221 e. The van der Waals surface area contributed by atoms with Gasteiger partial charge in [-0.15, -0.1) is 11.3 Å². The van der Waals surface area contributed by atoms with Gasteiger partial charge in [0.05, 0.1) is 5.00 Å². The molecular formula is C22H29N3OS. The minimum absolute atomic E-state index is 0.00697. The van der Waals surface area contributed by atoms with Crippen molar-refractivity contribution in [1.29, 1.82) is 0 Å². The largest absolute Gasteiger partial charge is 0.318 e. The number of aryl methyl sites for hydroxylation is 1. The quantitative estimate of drug-likeness (QED) is 0.814. The highest BCUT2D eigenvalue weighted by Gasteiger charge is 2.20. The predicted octanol–water partition coefficient (Wildman–Crippen LogP) is 4.15. The second-order valence-electron chi connectivity index (χ2n) is 7.16. The fourth-order valence-corrected chi connectivity index (χ4v) is 4.50. The van der Waals surface area contributed by atoms with E-state index in [1.807, 2.05) is 6.07 Å². The highest BCUT2D eigenvalue weighted by molar-refractivity contribution is 7.16. The summed E-state index contributed by atoms with van der Waals surface area (Å²) in [4.78, 5) is 17.8. The van der Waals surface area contributed by atoms with Crippen LogP contribution in [0.5, 0.6) is 0 Å². The van der Waals surface area contributed by atoms with Crippen molar-refractivity contribution in [3.63, 3.8) is 0 Å². The fourth-order valence-electron chi connectivity index (χ4n) is 3.38. The Morgan fingerprint density at radius 1 is 1.11 bits per heavy atom. The van der Waals surface area contributed by atoms with Gasteiger partial charge in [-0.3, -0.25) is 14.6 Å². The van der Waals surface area contributed by atoms with Crippen LogP contribution in [0.1, 0.15) is 28.5 Å². The molecule has 0 spiro atoms. The Hall–Kier alpha value is -1.95. The van der Waals surface area contributed by atoms with E-state index in [0.29, 0.717) is 0 Å². The highest BCUT2D eigenvalue weighted by atomic mass is 32.1. The molecule has 1 aromatic heterocycles. The standard InChI is InChI=1S/C22H29N3OS/c1-17-18(2)27-22(23-19(3)26)21(17)16-25-14-12-24(13-15-25)11-7-10-20-8-5-4-6-9-20/h4-10H,11-16H2,1-3H3,(H,23,26)/b10-7+. The zero-order valence-corrected chi connectivity index (χ0v) is 17.3. The van der Waals surface area contributed by atoms with Crippen molar-refractivity contribution >= 4 is 28.3 Å². The number of nitrogens with zero attached hydrogens (tertiary/aromatic N) is 2. The summed E-state index contributed by atoms with van der Waals surface area (Å²) in [6.45, 7) is 12.1. The summed E-state index contributed by atoms with van der Waals surface area (Å²) in [6.07, 6.45) is 4.45. The molecule has 0 saturated carbocycles. The highest BCUT2D eigenvalue weighted by Crippen LogP contribution is 2.33. The van der Waals surface area contributed by atoms with E-state index in [-0.39, 0.29) is 5.91 Å². The van der Waals surface area contributed by atoms with Crippen molar-refractivity contribution in [2.45, 2.75) is 27.3 Å². The van der Waals surface area contributed by atoms with E-state index >= 15 is 0 Å². The third-order valence-electron chi connectivity index (χ3n) is 5.12. The summed E-state index contributed by atoms with van der Waals surface area (Å²) in [7, 11) is 0. The number of rotatable bonds is 6. The van der Waals surface area contributed by atoms with Gasteiger partial charge in [0.1, 0.15) is 0 Å². The third-order valence-corrected chi connectivity index (χ3v) is 6.28. The predicted molar refractivity (Wildman–Crippen MR) is 115 cm³/mol. The molecule has 0 aliphatic carbocycles. The number of amides is 1. The Bertz CT molecular complexity index is 789. The molecule has 27 heavy (non-hydrogen) atoms. The van der Waals surface area contributed by atoms with Crippen LogP contribution in [0.15, 0.2) is 36.4 Å². The number of carbonyl (C=O) groups excluding carboxylic acids is 1. The first kappa shape index (κ1) is 19.8. The first-order valence-electron chi connectivity index (χ1n) is 9.55. The van der Waals surface area contributed by atoms with Crippen LogP contribution in [0.4, 0.5) is 5.00 Å². The first-order chi connectivity index (χ1) is 13.0. The van der Waals surface area contributed by atoms with Gasteiger partial charge >= 0.3 is 0 Å². The number of carbonyl (C=O) groups is 1. The van der Waals surface area contributed by atoms with Crippen LogP contribution in [0.2, 0.25) is 0 Å². The zero-order chi connectivity index (χ0) is 19.2. The molecule has 1 aromatic carbocycles. The molecule has 0 radical (unpaired) electrons. The van der Waals surface area contributed by atoms with Gasteiger partial charge in [0.15, 0.2) is 0 Å². The Balaban J connectivity index is 1.51. The lowest BCUT2D eigenvalue weighted by Gasteiger charge is -2.34. The minimum Gasteiger partial charge on any atom is -0.318 e. The summed E-state index contributed by atoms with van der Waals surface area (Å²) in [5, 5.41) is 4.03. The normalized spacial score (nSPS) is 16.1.